The zero-order valence-corrected chi connectivity index (χ0v) is 8.51. The van der Waals surface area contributed by atoms with Crippen molar-refractivity contribution in [3.8, 4) is 0 Å². The molecule has 5 heteroatoms. The van der Waals surface area contributed by atoms with Gasteiger partial charge in [-0.3, -0.25) is 0 Å². The Morgan fingerprint density at radius 2 is 1.42 bits per heavy atom. The lowest BCUT2D eigenvalue weighted by atomic mass is 9.87. The van der Waals surface area contributed by atoms with E-state index in [1.165, 1.54) is 0 Å². The van der Waals surface area contributed by atoms with Crippen LogP contribution in [0.2, 0.25) is 0 Å². The van der Waals surface area contributed by atoms with Crippen molar-refractivity contribution >= 4 is 17.0 Å². The van der Waals surface area contributed by atoms with E-state index in [1.807, 2.05) is 0 Å². The molecule has 0 fully saturated rings. The molecule has 4 nitrogen and oxygen atoms in total. The number of carboxylic acid groups (broad SMARTS) is 1. The first-order valence-corrected chi connectivity index (χ1v) is 3.76. The number of halogens is 1. The largest absolute Gasteiger partial charge is 0.469 e. The summed E-state index contributed by atoms with van der Waals surface area (Å²) in [5, 5.41) is 16.4. The molecule has 0 rings (SSSR count). The minimum Gasteiger partial charge on any atom is -0.469 e. The summed E-state index contributed by atoms with van der Waals surface area (Å²) in [4.78, 5) is 8.77. The number of aliphatic hydroxyl groups is 1. The second-order valence-corrected chi connectivity index (χ2v) is 3.86. The van der Waals surface area contributed by atoms with E-state index in [2.05, 4.69) is 11.6 Å². The van der Waals surface area contributed by atoms with Gasteiger partial charge in [-0.2, -0.15) is 0 Å². The maximum atomic E-state index is 9.23. The number of rotatable bonds is 1. The van der Waals surface area contributed by atoms with Gasteiger partial charge >= 0.3 is 5.43 Å². The molecule has 0 saturated heterocycles. The smallest absolute Gasteiger partial charge is 0.401 e. The van der Waals surface area contributed by atoms with Crippen LogP contribution in [0.3, 0.4) is 0 Å². The maximum absolute atomic E-state index is 9.23. The standard InChI is InChI=1S/C6H15NO.CHClO2/c1-5(2,7)6(3,4)8;2-1(3)4/h8H,7H2,1-4H3;(H,3,4). The highest BCUT2D eigenvalue weighted by atomic mass is 35.5. The second-order valence-electron chi connectivity index (χ2n) is 3.53. The molecule has 0 aliphatic carbocycles. The fraction of sp³-hybridized carbons (Fsp3) is 0.857. The molecule has 0 aromatic carbocycles. The SMILES string of the molecule is CC(C)(N)C(C)(C)O.O=C(O)Cl. The van der Waals surface area contributed by atoms with Gasteiger partial charge in [0.1, 0.15) is 0 Å². The highest BCUT2D eigenvalue weighted by molar-refractivity contribution is 6.60. The molecule has 0 bridgehead atoms. The highest BCUT2D eigenvalue weighted by Crippen LogP contribution is 2.16. The predicted octanol–water partition coefficient (Wildman–Crippen LogP) is 1.40. The van der Waals surface area contributed by atoms with Gasteiger partial charge < -0.3 is 15.9 Å². The summed E-state index contributed by atoms with van der Waals surface area (Å²) >= 11 is 4.19. The molecule has 0 saturated carbocycles. The molecule has 0 aliphatic rings. The molecule has 74 valence electrons. The average Bonchev–Trinajstić information content (AvgIpc) is 1.55. The van der Waals surface area contributed by atoms with Gasteiger partial charge in [0.25, 0.3) is 0 Å². The van der Waals surface area contributed by atoms with Crippen LogP contribution in [0.25, 0.3) is 0 Å². The van der Waals surface area contributed by atoms with Crippen LogP contribution >= 0.6 is 11.6 Å². The van der Waals surface area contributed by atoms with Crippen LogP contribution in [0.5, 0.6) is 0 Å². The van der Waals surface area contributed by atoms with Crippen LogP contribution < -0.4 is 5.73 Å². The molecule has 0 heterocycles. The molecular formula is C7H16ClNO3. The lowest BCUT2D eigenvalue weighted by Crippen LogP contribution is -2.52. The molecule has 0 unspecified atom stereocenters. The molecule has 0 aliphatic heterocycles. The van der Waals surface area contributed by atoms with Gasteiger partial charge in [0.05, 0.1) is 5.60 Å². The average molecular weight is 198 g/mol. The van der Waals surface area contributed by atoms with Crippen LogP contribution in [0.1, 0.15) is 27.7 Å². The second kappa shape index (κ2) is 4.64. The van der Waals surface area contributed by atoms with Crippen molar-refractivity contribution in [3.63, 3.8) is 0 Å². The van der Waals surface area contributed by atoms with Gasteiger partial charge in [0.15, 0.2) is 0 Å². The van der Waals surface area contributed by atoms with E-state index in [0.29, 0.717) is 0 Å². The molecule has 0 aromatic heterocycles. The third-order valence-corrected chi connectivity index (χ3v) is 1.58. The minimum absolute atomic E-state index is 0.507. The lowest BCUT2D eigenvalue weighted by Gasteiger charge is -2.32. The third kappa shape index (κ3) is 9.68. The van der Waals surface area contributed by atoms with Gasteiger partial charge in [-0.25, -0.2) is 4.79 Å². The summed E-state index contributed by atoms with van der Waals surface area (Å²) < 4.78 is 0. The maximum Gasteiger partial charge on any atom is 0.401 e. The van der Waals surface area contributed by atoms with E-state index >= 15 is 0 Å². The van der Waals surface area contributed by atoms with Gasteiger partial charge in [0, 0.05) is 17.1 Å². The number of carbonyl (C=O) groups is 1. The van der Waals surface area contributed by atoms with E-state index in [9.17, 15) is 5.11 Å². The van der Waals surface area contributed by atoms with Crippen molar-refractivity contribution in [1.29, 1.82) is 0 Å². The Kier molecular flexibility index (Phi) is 5.50. The van der Waals surface area contributed by atoms with E-state index in [1.54, 1.807) is 27.7 Å². The van der Waals surface area contributed by atoms with E-state index in [0.717, 1.165) is 0 Å². The zero-order valence-electron chi connectivity index (χ0n) is 7.76. The van der Waals surface area contributed by atoms with Gasteiger partial charge in [-0.05, 0) is 27.7 Å². The number of hydrogen-bond acceptors (Lipinski definition) is 3. The highest BCUT2D eigenvalue weighted by Gasteiger charge is 2.30. The van der Waals surface area contributed by atoms with E-state index in [-0.39, 0.29) is 0 Å². The number of hydrogen-bond donors (Lipinski definition) is 3. The molecule has 12 heavy (non-hydrogen) atoms. The Morgan fingerprint density at radius 1 is 1.33 bits per heavy atom. The minimum atomic E-state index is -1.36. The Morgan fingerprint density at radius 3 is 1.42 bits per heavy atom. The van der Waals surface area contributed by atoms with Gasteiger partial charge in [0.2, 0.25) is 0 Å². The van der Waals surface area contributed by atoms with Crippen molar-refractivity contribution in [2.45, 2.75) is 38.8 Å². The topological polar surface area (TPSA) is 83.5 Å². The normalized spacial score (nSPS) is 11.6. The number of nitrogens with two attached hydrogens (primary N) is 1. The molecule has 0 aromatic rings. The van der Waals surface area contributed by atoms with Crippen LogP contribution in [0, 0.1) is 0 Å². The summed E-state index contributed by atoms with van der Waals surface area (Å²) in [6, 6.07) is 0. The zero-order chi connectivity index (χ0) is 10.6. The Hall–Kier alpha value is -0.320. The Bertz CT molecular complexity index is 130. The molecule has 0 amide bonds. The summed E-state index contributed by atoms with van der Waals surface area (Å²) in [5.74, 6) is 0. The Balaban J connectivity index is 0. The van der Waals surface area contributed by atoms with Crippen molar-refractivity contribution in [2.24, 2.45) is 5.73 Å². The first kappa shape index (κ1) is 14.2. The van der Waals surface area contributed by atoms with Gasteiger partial charge in [-0.1, -0.05) is 0 Å². The van der Waals surface area contributed by atoms with Crippen molar-refractivity contribution in [1.82, 2.24) is 0 Å². The van der Waals surface area contributed by atoms with Crippen LogP contribution in [0.15, 0.2) is 0 Å². The molecule has 0 atom stereocenters. The molecular weight excluding hydrogens is 182 g/mol. The van der Waals surface area contributed by atoms with Crippen molar-refractivity contribution < 1.29 is 15.0 Å². The van der Waals surface area contributed by atoms with E-state index in [4.69, 9.17) is 15.6 Å². The predicted molar refractivity (Wildman–Crippen MR) is 48.4 cm³/mol. The van der Waals surface area contributed by atoms with Crippen molar-refractivity contribution in [2.75, 3.05) is 0 Å². The summed E-state index contributed by atoms with van der Waals surface area (Å²) in [6.07, 6.45) is 0. The fourth-order valence-corrected chi connectivity index (χ4v) is 0. The molecule has 0 spiro atoms. The first-order chi connectivity index (χ1) is 4.98. The summed E-state index contributed by atoms with van der Waals surface area (Å²) in [7, 11) is 0. The first-order valence-electron chi connectivity index (χ1n) is 3.38. The van der Waals surface area contributed by atoms with E-state index < -0.39 is 16.6 Å². The molecule has 0 radical (unpaired) electrons. The fourth-order valence-electron chi connectivity index (χ4n) is 0. The lowest BCUT2D eigenvalue weighted by molar-refractivity contribution is 0.0144. The Labute approximate surface area is 77.3 Å². The monoisotopic (exact) mass is 197 g/mol. The van der Waals surface area contributed by atoms with Crippen LogP contribution in [-0.2, 0) is 0 Å². The van der Waals surface area contributed by atoms with Gasteiger partial charge in [-0.15, -0.1) is 0 Å². The molecule has 4 N–H and O–H groups in total. The third-order valence-electron chi connectivity index (χ3n) is 1.58. The summed E-state index contributed by atoms with van der Waals surface area (Å²) in [6.45, 7) is 7.00. The quantitative estimate of drug-likeness (QED) is 0.555. The van der Waals surface area contributed by atoms with Crippen LogP contribution in [-0.4, -0.2) is 26.8 Å². The van der Waals surface area contributed by atoms with Crippen molar-refractivity contribution in [3.05, 3.63) is 0 Å². The van der Waals surface area contributed by atoms with Crippen LogP contribution in [0.4, 0.5) is 4.79 Å². The summed E-state index contributed by atoms with van der Waals surface area (Å²) in [5.41, 5.74) is 2.91.